The van der Waals surface area contributed by atoms with E-state index in [1.165, 1.54) is 0 Å². The standard InChI is InChI=1S/C8H8NO.Y/c1-6-4-2-3-5-7(6)8(9)10;/h3-5H,1H3,(H2,9,10);/q-1;. The van der Waals surface area contributed by atoms with Gasteiger partial charge in [0.1, 0.15) is 0 Å². The zero-order valence-electron chi connectivity index (χ0n) is 6.29. The number of aryl methyl sites for hydroxylation is 1. The average molecular weight is 223 g/mol. The molecule has 11 heavy (non-hydrogen) atoms. The molecule has 0 aliphatic rings. The Morgan fingerprint density at radius 3 is 2.64 bits per heavy atom. The fraction of sp³-hybridized carbons (Fsp3) is 0.125. The molecule has 0 aliphatic carbocycles. The Bertz CT molecular complexity index is 260. The van der Waals surface area contributed by atoms with Gasteiger partial charge in [0, 0.05) is 32.7 Å². The van der Waals surface area contributed by atoms with E-state index in [1.54, 1.807) is 18.2 Å². The molecule has 0 saturated carbocycles. The molecular formula is C8H8NOY-. The first-order valence-electron chi connectivity index (χ1n) is 2.98. The first kappa shape index (κ1) is 10.8. The fourth-order valence-corrected chi connectivity index (χ4v) is 0.790. The number of rotatable bonds is 1. The van der Waals surface area contributed by atoms with Crippen LogP contribution in [0.4, 0.5) is 0 Å². The van der Waals surface area contributed by atoms with E-state index in [0.29, 0.717) is 5.56 Å². The van der Waals surface area contributed by atoms with E-state index in [9.17, 15) is 4.79 Å². The first-order valence-corrected chi connectivity index (χ1v) is 2.98. The second-order valence-corrected chi connectivity index (χ2v) is 2.11. The molecule has 0 unspecified atom stereocenters. The van der Waals surface area contributed by atoms with Crippen LogP contribution in [0.1, 0.15) is 15.9 Å². The molecule has 0 atom stereocenters. The molecule has 2 nitrogen and oxygen atoms in total. The Morgan fingerprint density at radius 1 is 1.64 bits per heavy atom. The molecule has 0 aliphatic heterocycles. The fourth-order valence-electron chi connectivity index (χ4n) is 0.790. The summed E-state index contributed by atoms with van der Waals surface area (Å²) in [6.45, 7) is 1.83. The zero-order valence-corrected chi connectivity index (χ0v) is 9.13. The molecule has 1 rings (SSSR count). The minimum absolute atomic E-state index is 0. The van der Waals surface area contributed by atoms with Gasteiger partial charge in [-0.2, -0.15) is 24.3 Å². The third kappa shape index (κ3) is 2.72. The smallest absolute Gasteiger partial charge is 0.224 e. The summed E-state index contributed by atoms with van der Waals surface area (Å²) >= 11 is 0. The third-order valence-corrected chi connectivity index (χ3v) is 1.34. The quantitative estimate of drug-likeness (QED) is 0.706. The van der Waals surface area contributed by atoms with Crippen LogP contribution >= 0.6 is 0 Å². The van der Waals surface area contributed by atoms with E-state index in [-0.39, 0.29) is 38.6 Å². The van der Waals surface area contributed by atoms with Crippen LogP contribution in [0.3, 0.4) is 0 Å². The van der Waals surface area contributed by atoms with Crippen LogP contribution in [0.5, 0.6) is 0 Å². The number of amides is 1. The molecule has 0 saturated heterocycles. The molecule has 0 bridgehead atoms. The third-order valence-electron chi connectivity index (χ3n) is 1.34. The van der Waals surface area contributed by atoms with E-state index in [4.69, 9.17) is 5.73 Å². The zero-order chi connectivity index (χ0) is 7.56. The SMILES string of the molecule is Cc1c[c-]ccc1C(N)=O.[Y]. The molecule has 0 fully saturated rings. The van der Waals surface area contributed by atoms with Gasteiger partial charge in [-0.1, -0.05) is 12.5 Å². The van der Waals surface area contributed by atoms with Crippen molar-refractivity contribution in [1.82, 2.24) is 0 Å². The molecule has 3 heteroatoms. The van der Waals surface area contributed by atoms with E-state index >= 15 is 0 Å². The Kier molecular flexibility index (Phi) is 4.54. The van der Waals surface area contributed by atoms with Gasteiger partial charge in [0.15, 0.2) is 0 Å². The van der Waals surface area contributed by atoms with Gasteiger partial charge in [0.2, 0.25) is 5.91 Å². The average Bonchev–Trinajstić information content (AvgIpc) is 1.88. The summed E-state index contributed by atoms with van der Waals surface area (Å²) in [5, 5.41) is 0. The summed E-state index contributed by atoms with van der Waals surface area (Å²) in [5.74, 6) is -0.383. The van der Waals surface area contributed by atoms with Gasteiger partial charge in [-0.15, -0.1) is 5.56 Å². The number of hydrogen-bond donors (Lipinski definition) is 1. The molecule has 1 amide bonds. The number of primary amides is 1. The van der Waals surface area contributed by atoms with Gasteiger partial charge < -0.3 is 5.73 Å². The van der Waals surface area contributed by atoms with Crippen LogP contribution in [0.25, 0.3) is 0 Å². The number of carbonyl (C=O) groups is 1. The van der Waals surface area contributed by atoms with Crippen molar-refractivity contribution in [2.75, 3.05) is 0 Å². The van der Waals surface area contributed by atoms with E-state index < -0.39 is 0 Å². The second kappa shape index (κ2) is 4.63. The van der Waals surface area contributed by atoms with Crippen molar-refractivity contribution in [3.8, 4) is 0 Å². The Morgan fingerprint density at radius 2 is 2.27 bits per heavy atom. The maximum absolute atomic E-state index is 10.6. The van der Waals surface area contributed by atoms with Crippen molar-refractivity contribution in [2.45, 2.75) is 6.92 Å². The number of carbonyl (C=O) groups excluding carboxylic acids is 1. The van der Waals surface area contributed by atoms with E-state index in [1.807, 2.05) is 6.92 Å². The van der Waals surface area contributed by atoms with Gasteiger partial charge in [-0.05, 0) is 0 Å². The Labute approximate surface area is 91.0 Å². The Balaban J connectivity index is 0.000001000. The number of hydrogen-bond acceptors (Lipinski definition) is 1. The molecule has 1 radical (unpaired) electrons. The van der Waals surface area contributed by atoms with Crippen molar-refractivity contribution in [2.24, 2.45) is 5.73 Å². The summed E-state index contributed by atoms with van der Waals surface area (Å²) in [7, 11) is 0. The first-order chi connectivity index (χ1) is 4.72. The van der Waals surface area contributed by atoms with E-state index in [2.05, 4.69) is 6.07 Å². The predicted molar refractivity (Wildman–Crippen MR) is 38.5 cm³/mol. The van der Waals surface area contributed by atoms with Crippen LogP contribution in [0.2, 0.25) is 0 Å². The second-order valence-electron chi connectivity index (χ2n) is 2.11. The van der Waals surface area contributed by atoms with Crippen LogP contribution in [0.15, 0.2) is 18.2 Å². The minimum Gasteiger partial charge on any atom is -0.367 e. The molecule has 55 valence electrons. The molecule has 1 aromatic carbocycles. The van der Waals surface area contributed by atoms with Gasteiger partial charge in [0.25, 0.3) is 0 Å². The van der Waals surface area contributed by atoms with Crippen LogP contribution < -0.4 is 5.73 Å². The topological polar surface area (TPSA) is 43.1 Å². The molecule has 0 heterocycles. The number of benzene rings is 1. The van der Waals surface area contributed by atoms with Gasteiger partial charge in [-0.25, -0.2) is 0 Å². The molecule has 1 aromatic rings. The summed E-state index contributed by atoms with van der Waals surface area (Å²) in [6.07, 6.45) is 0. The van der Waals surface area contributed by atoms with Crippen LogP contribution in [-0.2, 0) is 32.7 Å². The van der Waals surface area contributed by atoms with Crippen molar-refractivity contribution < 1.29 is 37.5 Å². The van der Waals surface area contributed by atoms with Gasteiger partial charge in [-0.3, -0.25) is 4.79 Å². The molecule has 2 N–H and O–H groups in total. The van der Waals surface area contributed by atoms with E-state index in [0.717, 1.165) is 5.56 Å². The van der Waals surface area contributed by atoms with Crippen LogP contribution in [0, 0.1) is 13.0 Å². The summed E-state index contributed by atoms with van der Waals surface area (Å²) in [4.78, 5) is 10.6. The molecule has 0 spiro atoms. The van der Waals surface area contributed by atoms with Crippen molar-refractivity contribution in [1.29, 1.82) is 0 Å². The summed E-state index contributed by atoms with van der Waals surface area (Å²) in [6, 6.07) is 7.92. The maximum atomic E-state index is 10.6. The molecular weight excluding hydrogens is 215 g/mol. The van der Waals surface area contributed by atoms with Gasteiger partial charge >= 0.3 is 0 Å². The minimum atomic E-state index is -0.383. The largest absolute Gasteiger partial charge is 0.367 e. The van der Waals surface area contributed by atoms with Crippen molar-refractivity contribution in [3.05, 3.63) is 35.4 Å². The number of nitrogens with two attached hydrogens (primary N) is 1. The van der Waals surface area contributed by atoms with Gasteiger partial charge in [0.05, 0.1) is 0 Å². The molecule has 0 aromatic heterocycles. The van der Waals surface area contributed by atoms with Crippen LogP contribution in [-0.4, -0.2) is 5.91 Å². The predicted octanol–water partition coefficient (Wildman–Crippen LogP) is 0.892. The summed E-state index contributed by atoms with van der Waals surface area (Å²) in [5.41, 5.74) is 6.50. The summed E-state index contributed by atoms with van der Waals surface area (Å²) < 4.78 is 0. The van der Waals surface area contributed by atoms with Crippen molar-refractivity contribution in [3.63, 3.8) is 0 Å². The normalized spacial score (nSPS) is 8.45. The monoisotopic (exact) mass is 223 g/mol. The Hall–Kier alpha value is -0.206. The van der Waals surface area contributed by atoms with Crippen molar-refractivity contribution >= 4 is 5.91 Å². The maximum Gasteiger partial charge on any atom is 0.224 e.